The predicted molar refractivity (Wildman–Crippen MR) is 61.9 cm³/mol. The molecule has 1 fully saturated rings. The SMILES string of the molecule is CCNC1(CO)CCC(OCC(C)C)C1. The van der Waals surface area contributed by atoms with Crippen LogP contribution in [0, 0.1) is 5.92 Å². The van der Waals surface area contributed by atoms with Gasteiger partial charge in [-0.3, -0.25) is 0 Å². The highest BCUT2D eigenvalue weighted by atomic mass is 16.5. The highest BCUT2D eigenvalue weighted by molar-refractivity contribution is 4.96. The van der Waals surface area contributed by atoms with Crippen LogP contribution in [0.1, 0.15) is 40.0 Å². The normalized spacial score (nSPS) is 31.4. The van der Waals surface area contributed by atoms with Crippen LogP contribution in [-0.2, 0) is 4.74 Å². The maximum Gasteiger partial charge on any atom is 0.0614 e. The smallest absolute Gasteiger partial charge is 0.0614 e. The molecule has 1 rings (SSSR count). The highest BCUT2D eigenvalue weighted by Crippen LogP contribution is 2.31. The molecule has 1 aliphatic rings. The summed E-state index contributed by atoms with van der Waals surface area (Å²) in [6.45, 7) is 8.38. The molecule has 2 N–H and O–H groups in total. The fourth-order valence-corrected chi connectivity index (χ4v) is 2.28. The summed E-state index contributed by atoms with van der Waals surface area (Å²) in [5.41, 5.74) is -0.0730. The second kappa shape index (κ2) is 5.83. The largest absolute Gasteiger partial charge is 0.394 e. The number of nitrogens with one attached hydrogen (secondary N) is 1. The molecule has 90 valence electrons. The molecule has 0 aromatic heterocycles. The summed E-state index contributed by atoms with van der Waals surface area (Å²) < 4.78 is 5.82. The first kappa shape index (κ1) is 12.9. The third-order valence-corrected chi connectivity index (χ3v) is 3.08. The number of ether oxygens (including phenoxy) is 1. The number of aliphatic hydroxyl groups excluding tert-OH is 1. The molecule has 0 aliphatic heterocycles. The van der Waals surface area contributed by atoms with Crippen molar-refractivity contribution in [2.24, 2.45) is 5.92 Å². The monoisotopic (exact) mass is 215 g/mol. The Morgan fingerprint density at radius 2 is 2.27 bits per heavy atom. The van der Waals surface area contributed by atoms with Crippen LogP contribution in [0.4, 0.5) is 0 Å². The summed E-state index contributed by atoms with van der Waals surface area (Å²) in [6, 6.07) is 0. The summed E-state index contributed by atoms with van der Waals surface area (Å²) in [7, 11) is 0. The zero-order valence-electron chi connectivity index (χ0n) is 10.3. The van der Waals surface area contributed by atoms with Gasteiger partial charge in [0.2, 0.25) is 0 Å². The van der Waals surface area contributed by atoms with E-state index in [0.29, 0.717) is 12.0 Å². The van der Waals surface area contributed by atoms with Gasteiger partial charge < -0.3 is 15.2 Å². The van der Waals surface area contributed by atoms with Crippen molar-refractivity contribution in [3.05, 3.63) is 0 Å². The van der Waals surface area contributed by atoms with E-state index < -0.39 is 0 Å². The molecule has 0 aromatic carbocycles. The van der Waals surface area contributed by atoms with E-state index in [4.69, 9.17) is 4.74 Å². The highest BCUT2D eigenvalue weighted by Gasteiger charge is 2.38. The minimum absolute atomic E-state index is 0.0730. The lowest BCUT2D eigenvalue weighted by molar-refractivity contribution is 0.0313. The predicted octanol–water partition coefficient (Wildman–Crippen LogP) is 1.55. The zero-order valence-corrected chi connectivity index (χ0v) is 10.3. The molecule has 0 saturated heterocycles. The van der Waals surface area contributed by atoms with Crippen LogP contribution in [0.3, 0.4) is 0 Å². The van der Waals surface area contributed by atoms with E-state index >= 15 is 0 Å². The van der Waals surface area contributed by atoms with E-state index in [1.807, 2.05) is 0 Å². The number of likely N-dealkylation sites (N-methyl/N-ethyl adjacent to an activating group) is 1. The second-order valence-electron chi connectivity index (χ2n) is 5.06. The Labute approximate surface area is 93.2 Å². The van der Waals surface area contributed by atoms with Crippen molar-refractivity contribution in [3.8, 4) is 0 Å². The number of rotatable bonds is 6. The number of aliphatic hydroxyl groups is 1. The third-order valence-electron chi connectivity index (χ3n) is 3.08. The van der Waals surface area contributed by atoms with Crippen LogP contribution < -0.4 is 5.32 Å². The van der Waals surface area contributed by atoms with Gasteiger partial charge in [0.05, 0.1) is 12.7 Å². The van der Waals surface area contributed by atoms with E-state index in [1.54, 1.807) is 0 Å². The molecule has 0 amide bonds. The van der Waals surface area contributed by atoms with Crippen LogP contribution in [-0.4, -0.2) is 36.5 Å². The summed E-state index contributed by atoms with van der Waals surface area (Å²) in [5.74, 6) is 0.591. The van der Waals surface area contributed by atoms with Crippen molar-refractivity contribution in [3.63, 3.8) is 0 Å². The van der Waals surface area contributed by atoms with Gasteiger partial charge in [-0.2, -0.15) is 0 Å². The first-order chi connectivity index (χ1) is 7.12. The van der Waals surface area contributed by atoms with Crippen molar-refractivity contribution in [2.45, 2.75) is 51.7 Å². The van der Waals surface area contributed by atoms with Crippen LogP contribution in [0.15, 0.2) is 0 Å². The lowest BCUT2D eigenvalue weighted by Gasteiger charge is -2.28. The van der Waals surface area contributed by atoms with Gasteiger partial charge in [0.1, 0.15) is 0 Å². The van der Waals surface area contributed by atoms with Gasteiger partial charge in [0.15, 0.2) is 0 Å². The molecule has 3 nitrogen and oxygen atoms in total. The average molecular weight is 215 g/mol. The molecule has 2 unspecified atom stereocenters. The summed E-state index contributed by atoms with van der Waals surface area (Å²) in [6.07, 6.45) is 3.38. The van der Waals surface area contributed by atoms with Crippen LogP contribution in [0.2, 0.25) is 0 Å². The van der Waals surface area contributed by atoms with Gasteiger partial charge in [-0.25, -0.2) is 0 Å². The minimum Gasteiger partial charge on any atom is -0.394 e. The minimum atomic E-state index is -0.0730. The van der Waals surface area contributed by atoms with Gasteiger partial charge in [-0.15, -0.1) is 0 Å². The Morgan fingerprint density at radius 3 is 2.80 bits per heavy atom. The third kappa shape index (κ3) is 3.74. The van der Waals surface area contributed by atoms with Gasteiger partial charge in [-0.1, -0.05) is 20.8 Å². The van der Waals surface area contributed by atoms with E-state index in [1.165, 1.54) is 0 Å². The Hall–Kier alpha value is -0.120. The summed E-state index contributed by atoms with van der Waals surface area (Å²) in [4.78, 5) is 0. The number of hydrogen-bond acceptors (Lipinski definition) is 3. The Kier molecular flexibility index (Phi) is 5.03. The summed E-state index contributed by atoms with van der Waals surface area (Å²) >= 11 is 0. The molecule has 1 saturated carbocycles. The van der Waals surface area contributed by atoms with E-state index in [0.717, 1.165) is 32.4 Å². The van der Waals surface area contributed by atoms with E-state index in [2.05, 4.69) is 26.1 Å². The van der Waals surface area contributed by atoms with Crippen LogP contribution in [0.25, 0.3) is 0 Å². The molecule has 0 heterocycles. The zero-order chi connectivity index (χ0) is 11.3. The molecular formula is C12H25NO2. The topological polar surface area (TPSA) is 41.5 Å². The van der Waals surface area contributed by atoms with Crippen molar-refractivity contribution in [2.75, 3.05) is 19.8 Å². The number of hydrogen-bond donors (Lipinski definition) is 2. The van der Waals surface area contributed by atoms with E-state index in [9.17, 15) is 5.11 Å². The molecule has 0 bridgehead atoms. The molecule has 0 spiro atoms. The Balaban J connectivity index is 2.35. The standard InChI is InChI=1S/C12H25NO2/c1-4-13-12(9-14)6-5-11(7-12)15-8-10(2)3/h10-11,13-14H,4-9H2,1-3H3. The molecule has 0 aromatic rings. The first-order valence-electron chi connectivity index (χ1n) is 6.09. The molecule has 2 atom stereocenters. The van der Waals surface area contributed by atoms with Crippen LogP contribution in [0.5, 0.6) is 0 Å². The molecule has 15 heavy (non-hydrogen) atoms. The van der Waals surface area contributed by atoms with E-state index in [-0.39, 0.29) is 12.1 Å². The molecular weight excluding hydrogens is 190 g/mol. The maximum absolute atomic E-state index is 9.42. The lowest BCUT2D eigenvalue weighted by Crippen LogP contribution is -2.46. The first-order valence-corrected chi connectivity index (χ1v) is 6.09. The van der Waals surface area contributed by atoms with Crippen molar-refractivity contribution in [1.82, 2.24) is 5.32 Å². The molecule has 0 radical (unpaired) electrons. The van der Waals surface area contributed by atoms with Crippen molar-refractivity contribution >= 4 is 0 Å². The summed E-state index contributed by atoms with van der Waals surface area (Å²) in [5, 5.41) is 12.8. The van der Waals surface area contributed by atoms with Crippen LogP contribution >= 0.6 is 0 Å². The van der Waals surface area contributed by atoms with Crippen molar-refractivity contribution in [1.29, 1.82) is 0 Å². The van der Waals surface area contributed by atoms with Gasteiger partial charge in [0.25, 0.3) is 0 Å². The Bertz CT molecular complexity index is 184. The maximum atomic E-state index is 9.42. The van der Waals surface area contributed by atoms with Crippen molar-refractivity contribution < 1.29 is 9.84 Å². The van der Waals surface area contributed by atoms with Gasteiger partial charge >= 0.3 is 0 Å². The van der Waals surface area contributed by atoms with Gasteiger partial charge in [0, 0.05) is 12.1 Å². The quantitative estimate of drug-likeness (QED) is 0.706. The Morgan fingerprint density at radius 1 is 1.53 bits per heavy atom. The fraction of sp³-hybridized carbons (Fsp3) is 1.00. The lowest BCUT2D eigenvalue weighted by atomic mass is 9.99. The van der Waals surface area contributed by atoms with Gasteiger partial charge in [-0.05, 0) is 31.7 Å². The molecule has 1 aliphatic carbocycles. The molecule has 3 heteroatoms. The average Bonchev–Trinajstić information content (AvgIpc) is 2.60. The fourth-order valence-electron chi connectivity index (χ4n) is 2.28. The second-order valence-corrected chi connectivity index (χ2v) is 5.06.